The smallest absolute Gasteiger partial charge is 0.255 e. The van der Waals surface area contributed by atoms with Crippen LogP contribution in [0.2, 0.25) is 0 Å². The maximum atomic E-state index is 14.8. The molecule has 4 aliphatic heterocycles. The van der Waals surface area contributed by atoms with Crippen LogP contribution in [-0.4, -0.2) is 63.0 Å². The molecule has 4 aliphatic rings. The SMILES string of the molecule is Cn1ncc2cc(F)c(CN3CCC4(CC3)COc3c4ccc4c3CN(C3CCC(=O)NC3=O)C4=O)cc21. The van der Waals surface area contributed by atoms with Crippen LogP contribution in [-0.2, 0) is 35.1 Å². The molecular formula is C28H28FN5O4. The molecule has 5 heterocycles. The lowest BCUT2D eigenvalue weighted by molar-refractivity contribution is -0.136. The number of ether oxygens (including phenoxy) is 1. The summed E-state index contributed by atoms with van der Waals surface area (Å²) in [6.07, 6.45) is 3.99. The van der Waals surface area contributed by atoms with Crippen molar-refractivity contribution in [2.45, 2.75) is 50.2 Å². The Morgan fingerprint density at radius 3 is 2.79 bits per heavy atom. The van der Waals surface area contributed by atoms with E-state index in [0.29, 0.717) is 37.2 Å². The van der Waals surface area contributed by atoms with E-state index in [1.165, 1.54) is 0 Å². The Hall–Kier alpha value is -3.79. The summed E-state index contributed by atoms with van der Waals surface area (Å²) >= 11 is 0. The molecular weight excluding hydrogens is 489 g/mol. The molecule has 0 aliphatic carbocycles. The van der Waals surface area contributed by atoms with E-state index in [1.54, 1.807) is 21.8 Å². The fourth-order valence-corrected chi connectivity index (χ4v) is 6.61. The third-order valence-electron chi connectivity index (χ3n) is 8.85. The van der Waals surface area contributed by atoms with E-state index in [0.717, 1.165) is 53.7 Å². The number of nitrogens with zero attached hydrogens (tertiary/aromatic N) is 4. The summed E-state index contributed by atoms with van der Waals surface area (Å²) in [5.74, 6) is -0.340. The Labute approximate surface area is 218 Å². The highest BCUT2D eigenvalue weighted by molar-refractivity contribution is 6.05. The number of amides is 3. The standard InChI is InChI=1S/C28H28FN5O4/c1-32-23-11-17(21(29)10-16(23)12-30-32)13-33-8-6-28(7-9-33)15-38-25-19-14-34(22-4-5-24(35)31-26(22)36)27(37)18(19)2-3-20(25)28/h2-3,10-12,22H,4-9,13-15H2,1H3,(H,31,35,36). The van der Waals surface area contributed by atoms with Gasteiger partial charge in [0.05, 0.1) is 24.9 Å². The molecule has 38 heavy (non-hydrogen) atoms. The van der Waals surface area contributed by atoms with Crippen LogP contribution in [0.1, 0.15) is 52.7 Å². The van der Waals surface area contributed by atoms with Crippen LogP contribution in [0.15, 0.2) is 30.5 Å². The maximum absolute atomic E-state index is 14.8. The van der Waals surface area contributed by atoms with Crippen molar-refractivity contribution in [2.75, 3.05) is 19.7 Å². The largest absolute Gasteiger partial charge is 0.492 e. The van der Waals surface area contributed by atoms with Crippen LogP contribution in [0.25, 0.3) is 10.9 Å². The second-order valence-electron chi connectivity index (χ2n) is 11.0. The van der Waals surface area contributed by atoms with Gasteiger partial charge in [0.2, 0.25) is 11.8 Å². The summed E-state index contributed by atoms with van der Waals surface area (Å²) in [7, 11) is 1.86. The van der Waals surface area contributed by atoms with Crippen molar-refractivity contribution in [3.8, 4) is 5.75 Å². The molecule has 1 N–H and O–H groups in total. The van der Waals surface area contributed by atoms with E-state index in [9.17, 15) is 18.8 Å². The number of aromatic nitrogens is 2. The van der Waals surface area contributed by atoms with Crippen LogP contribution < -0.4 is 10.1 Å². The number of carbonyl (C=O) groups is 3. The molecule has 0 bridgehead atoms. The molecule has 1 unspecified atom stereocenters. The van der Waals surface area contributed by atoms with Crippen molar-refractivity contribution in [1.29, 1.82) is 0 Å². The fourth-order valence-electron chi connectivity index (χ4n) is 6.61. The van der Waals surface area contributed by atoms with Gasteiger partial charge in [0, 0.05) is 53.1 Å². The molecule has 3 amide bonds. The fraction of sp³-hybridized carbons (Fsp3) is 0.429. The molecule has 9 nitrogen and oxygen atoms in total. The number of imide groups is 1. The molecule has 2 aromatic carbocycles. The van der Waals surface area contributed by atoms with Crippen LogP contribution in [0, 0.1) is 5.82 Å². The van der Waals surface area contributed by atoms with Gasteiger partial charge in [-0.25, -0.2) is 4.39 Å². The first-order chi connectivity index (χ1) is 18.3. The highest BCUT2D eigenvalue weighted by atomic mass is 19.1. The van der Waals surface area contributed by atoms with Crippen molar-refractivity contribution in [3.05, 3.63) is 58.5 Å². The normalized spacial score (nSPS) is 22.6. The Balaban J connectivity index is 1.09. The van der Waals surface area contributed by atoms with Gasteiger partial charge in [-0.05, 0) is 50.6 Å². The molecule has 0 radical (unpaired) electrons. The first kappa shape index (κ1) is 23.3. The lowest BCUT2D eigenvalue weighted by atomic mass is 9.74. The van der Waals surface area contributed by atoms with Gasteiger partial charge in [0.15, 0.2) is 0 Å². The number of aryl methyl sites for hydroxylation is 1. The Morgan fingerprint density at radius 2 is 2.00 bits per heavy atom. The number of nitrogens with one attached hydrogen (secondary N) is 1. The highest BCUT2D eigenvalue weighted by Crippen LogP contribution is 2.49. The Morgan fingerprint density at radius 1 is 1.18 bits per heavy atom. The molecule has 7 rings (SSSR count). The third-order valence-corrected chi connectivity index (χ3v) is 8.85. The molecule has 2 saturated heterocycles. The zero-order chi connectivity index (χ0) is 26.2. The van der Waals surface area contributed by atoms with E-state index in [1.807, 2.05) is 25.2 Å². The van der Waals surface area contributed by atoms with Crippen LogP contribution >= 0.6 is 0 Å². The van der Waals surface area contributed by atoms with Crippen molar-refractivity contribution in [3.63, 3.8) is 0 Å². The summed E-state index contributed by atoms with van der Waals surface area (Å²) in [5, 5.41) is 7.38. The van der Waals surface area contributed by atoms with E-state index >= 15 is 0 Å². The number of hydrogen-bond acceptors (Lipinski definition) is 6. The topological polar surface area (TPSA) is 96.8 Å². The van der Waals surface area contributed by atoms with Gasteiger partial charge < -0.3 is 9.64 Å². The minimum atomic E-state index is -0.646. The average Bonchev–Trinajstić information content (AvgIpc) is 3.55. The van der Waals surface area contributed by atoms with Gasteiger partial charge in [-0.1, -0.05) is 6.07 Å². The minimum absolute atomic E-state index is 0.142. The van der Waals surface area contributed by atoms with Gasteiger partial charge in [-0.2, -0.15) is 5.10 Å². The predicted molar refractivity (Wildman–Crippen MR) is 135 cm³/mol. The number of rotatable bonds is 3. The van der Waals surface area contributed by atoms with Gasteiger partial charge in [-0.3, -0.25) is 29.3 Å². The molecule has 2 fully saturated rings. The molecule has 1 aromatic heterocycles. The van der Waals surface area contributed by atoms with Gasteiger partial charge in [-0.15, -0.1) is 0 Å². The predicted octanol–water partition coefficient (Wildman–Crippen LogP) is 2.40. The molecule has 0 saturated carbocycles. The van der Waals surface area contributed by atoms with Gasteiger partial charge in [0.25, 0.3) is 5.91 Å². The number of piperidine rings is 2. The maximum Gasteiger partial charge on any atom is 0.255 e. The summed E-state index contributed by atoms with van der Waals surface area (Å²) in [6, 6.07) is 6.68. The molecule has 1 spiro atoms. The van der Waals surface area contributed by atoms with Crippen molar-refractivity contribution in [1.82, 2.24) is 24.9 Å². The number of hydrogen-bond donors (Lipinski definition) is 1. The second-order valence-corrected chi connectivity index (χ2v) is 11.0. The van der Waals surface area contributed by atoms with Crippen molar-refractivity contribution in [2.24, 2.45) is 7.05 Å². The zero-order valence-electron chi connectivity index (χ0n) is 21.1. The highest BCUT2D eigenvalue weighted by Gasteiger charge is 2.47. The molecule has 10 heteroatoms. The Kier molecular flexibility index (Phi) is 5.13. The molecule has 3 aromatic rings. The quantitative estimate of drug-likeness (QED) is 0.536. The van der Waals surface area contributed by atoms with E-state index in [2.05, 4.69) is 15.3 Å². The van der Waals surface area contributed by atoms with E-state index < -0.39 is 11.9 Å². The summed E-state index contributed by atoms with van der Waals surface area (Å²) < 4.78 is 22.8. The minimum Gasteiger partial charge on any atom is -0.492 e. The summed E-state index contributed by atoms with van der Waals surface area (Å²) in [4.78, 5) is 41.0. The van der Waals surface area contributed by atoms with Gasteiger partial charge in [0.1, 0.15) is 17.6 Å². The monoisotopic (exact) mass is 517 g/mol. The average molecular weight is 518 g/mol. The van der Waals surface area contributed by atoms with Crippen LogP contribution in [0.5, 0.6) is 5.75 Å². The van der Waals surface area contributed by atoms with E-state index in [-0.39, 0.29) is 29.5 Å². The van der Waals surface area contributed by atoms with E-state index in [4.69, 9.17) is 4.74 Å². The summed E-state index contributed by atoms with van der Waals surface area (Å²) in [5.41, 5.74) is 3.98. The number of halogens is 1. The number of carbonyl (C=O) groups excluding carboxylic acids is 3. The van der Waals surface area contributed by atoms with Crippen molar-refractivity contribution < 1.29 is 23.5 Å². The Bertz CT molecular complexity index is 1520. The first-order valence-corrected chi connectivity index (χ1v) is 13.1. The van der Waals surface area contributed by atoms with Crippen LogP contribution in [0.4, 0.5) is 4.39 Å². The van der Waals surface area contributed by atoms with Crippen molar-refractivity contribution >= 4 is 28.6 Å². The number of fused-ring (bicyclic) bond motifs is 5. The lowest BCUT2D eigenvalue weighted by Crippen LogP contribution is -2.52. The molecule has 196 valence electrons. The number of likely N-dealkylation sites (tertiary alicyclic amines) is 1. The second kappa shape index (κ2) is 8.36. The van der Waals surface area contributed by atoms with Gasteiger partial charge >= 0.3 is 0 Å². The lowest BCUT2D eigenvalue weighted by Gasteiger charge is -2.38. The first-order valence-electron chi connectivity index (χ1n) is 13.1. The zero-order valence-corrected chi connectivity index (χ0v) is 21.1. The summed E-state index contributed by atoms with van der Waals surface area (Å²) in [6.45, 7) is 3.01. The van der Waals surface area contributed by atoms with Crippen LogP contribution in [0.3, 0.4) is 0 Å². The number of benzene rings is 2. The third kappa shape index (κ3) is 3.46. The molecule has 1 atom stereocenters.